The third-order valence-electron chi connectivity index (χ3n) is 11.2. The molecule has 2 aliphatic heterocycles. The third kappa shape index (κ3) is 14.4. The molecule has 2 aliphatic rings. The van der Waals surface area contributed by atoms with Gasteiger partial charge in [-0.15, -0.1) is 23.5 Å². The number of amides is 2. The molecule has 0 spiro atoms. The van der Waals surface area contributed by atoms with E-state index in [1.807, 2.05) is 126 Å². The number of fused-ring (bicyclic) bond motifs is 2. The van der Waals surface area contributed by atoms with E-state index in [2.05, 4.69) is 0 Å². The molecule has 4 aromatic carbocycles. The average Bonchev–Trinajstić information content (AvgIpc) is 3.50. The molecule has 0 aliphatic carbocycles. The second-order valence-corrected chi connectivity index (χ2v) is 19.8. The van der Waals surface area contributed by atoms with Crippen LogP contribution in [0.5, 0.6) is 0 Å². The van der Waals surface area contributed by atoms with Crippen molar-refractivity contribution in [2.45, 2.75) is 93.3 Å². The van der Waals surface area contributed by atoms with Crippen LogP contribution in [0, 0.1) is 13.8 Å². The minimum atomic E-state index is -1.04. The normalized spacial score (nSPS) is 17.7. The van der Waals surface area contributed by atoms with Gasteiger partial charge in [0.2, 0.25) is 0 Å². The number of anilines is 2. The number of carbonyl (C=O) groups excluding carboxylic acids is 6. The third-order valence-corrected chi connectivity index (χ3v) is 14.1. The van der Waals surface area contributed by atoms with Crippen molar-refractivity contribution in [3.63, 3.8) is 0 Å². The first-order valence-corrected chi connectivity index (χ1v) is 25.0. The van der Waals surface area contributed by atoms with E-state index >= 15 is 0 Å². The maximum atomic E-state index is 13.9. The Bertz CT molecular complexity index is 2430. The number of esters is 4. The summed E-state index contributed by atoms with van der Waals surface area (Å²) in [4.78, 5) is 86.4. The molecule has 0 N–H and O–H groups in total. The van der Waals surface area contributed by atoms with E-state index in [4.69, 9.17) is 18.9 Å². The number of hydrogen-bond donors (Lipinski definition) is 0. The fourth-order valence-corrected chi connectivity index (χ4v) is 10.4. The van der Waals surface area contributed by atoms with Crippen LogP contribution >= 0.6 is 23.5 Å². The Hall–Kier alpha value is -5.68. The Morgan fingerprint density at radius 1 is 0.565 bits per heavy atom. The minimum absolute atomic E-state index is 0.310. The lowest BCUT2D eigenvalue weighted by Crippen LogP contribution is -2.45. The Labute approximate surface area is 415 Å². The highest BCUT2D eigenvalue weighted by Crippen LogP contribution is 2.50. The van der Waals surface area contributed by atoms with Crippen LogP contribution in [0.1, 0.15) is 100 Å². The molecule has 0 saturated carbocycles. The summed E-state index contributed by atoms with van der Waals surface area (Å²) >= 11 is 2.73. The molecule has 16 heteroatoms. The van der Waals surface area contributed by atoms with Crippen molar-refractivity contribution >= 4 is 70.6 Å². The molecule has 4 atom stereocenters. The quantitative estimate of drug-likeness (QED) is 0.0563. The summed E-state index contributed by atoms with van der Waals surface area (Å²) in [6.07, 6.45) is 0.323. The molecule has 69 heavy (non-hydrogen) atoms. The predicted octanol–water partition coefficient (Wildman–Crippen LogP) is 8.86. The summed E-state index contributed by atoms with van der Waals surface area (Å²) < 4.78 is 22.3. The van der Waals surface area contributed by atoms with Crippen LogP contribution in [0.2, 0.25) is 0 Å². The van der Waals surface area contributed by atoms with E-state index in [1.165, 1.54) is 37.4 Å². The van der Waals surface area contributed by atoms with Gasteiger partial charge in [-0.1, -0.05) is 92.1 Å². The van der Waals surface area contributed by atoms with Crippen LogP contribution in [-0.2, 0) is 38.1 Å². The average molecular weight is 983 g/mol. The van der Waals surface area contributed by atoms with Crippen LogP contribution in [0.15, 0.2) is 94.7 Å². The smallest absolute Gasteiger partial charge is 0.339 e. The second kappa shape index (κ2) is 25.8. The van der Waals surface area contributed by atoms with Gasteiger partial charge in [-0.3, -0.25) is 19.2 Å². The first-order chi connectivity index (χ1) is 32.9. The lowest BCUT2D eigenvalue weighted by atomic mass is 10.0. The highest BCUT2D eigenvalue weighted by atomic mass is 32.2. The zero-order valence-electron chi connectivity index (χ0n) is 41.4. The van der Waals surface area contributed by atoms with Gasteiger partial charge in [0.25, 0.3) is 11.8 Å². The number of nitrogens with zero attached hydrogens (tertiary/aromatic N) is 4. The molecule has 4 aromatic rings. The van der Waals surface area contributed by atoms with Gasteiger partial charge in [0, 0.05) is 49.8 Å². The van der Waals surface area contributed by atoms with Crippen molar-refractivity contribution in [1.29, 1.82) is 0 Å². The maximum absolute atomic E-state index is 13.9. The molecule has 0 bridgehead atoms. The molecular weight excluding hydrogens is 917 g/mol. The molecule has 0 radical (unpaired) electrons. The van der Waals surface area contributed by atoms with Crippen LogP contribution in [0.3, 0.4) is 0 Å². The number of aryl methyl sites for hydroxylation is 2. The zero-order chi connectivity index (χ0) is 50.4. The van der Waals surface area contributed by atoms with E-state index in [1.54, 1.807) is 34.1 Å². The monoisotopic (exact) mass is 982 g/mol. The standard InChI is InChI=1S/C27H34N2O5S.C26H32N2O5S/c1-6-7-17-33-27(32)21-9-8-10-22-25(21)35-24(20-13-11-18(2)12-14-20)23(34-19(3)30)26(31)29(22)16-15-28(4)5;1-6-16-32-26(31)20-8-7-9-21-24(20)34-23(19-12-10-17(2)11-13-19)22(33-18(3)29)25(30)28(21)15-14-27(4)5/h8-14,23-24H,6-7,15-17H2,1-5H3;7-13,22-23H,6,14-16H2,1-5H3/t23-,24+;22-,23+/m11/s1. The number of carbonyl (C=O) groups is 6. The number of hydrogen-bond acceptors (Lipinski definition) is 14. The Morgan fingerprint density at radius 3 is 1.30 bits per heavy atom. The van der Waals surface area contributed by atoms with Gasteiger partial charge < -0.3 is 38.5 Å². The first kappa shape index (κ1) is 54.3. The van der Waals surface area contributed by atoms with Crippen LogP contribution < -0.4 is 9.80 Å². The number of unbranched alkanes of at least 4 members (excludes halogenated alkanes) is 1. The number of rotatable bonds is 17. The molecule has 14 nitrogen and oxygen atoms in total. The fourth-order valence-electron chi connectivity index (χ4n) is 7.53. The fraction of sp³-hybridized carbons (Fsp3) is 0.434. The van der Waals surface area contributed by atoms with Gasteiger partial charge in [0.05, 0.1) is 46.2 Å². The van der Waals surface area contributed by atoms with Crippen molar-refractivity contribution in [3.8, 4) is 0 Å². The minimum Gasteiger partial charge on any atom is -0.462 e. The van der Waals surface area contributed by atoms with Gasteiger partial charge in [0.1, 0.15) is 0 Å². The zero-order valence-corrected chi connectivity index (χ0v) is 43.1. The summed E-state index contributed by atoms with van der Waals surface area (Å²) in [6, 6.07) is 26.2. The largest absolute Gasteiger partial charge is 0.462 e. The van der Waals surface area contributed by atoms with Gasteiger partial charge in [-0.25, -0.2) is 9.59 Å². The molecule has 2 amide bonds. The lowest BCUT2D eigenvalue weighted by Gasteiger charge is -2.28. The SMILES string of the molecule is CCCCOC(=O)c1cccc2c1S[C@@H](c1ccc(C)cc1)[C@@H](OC(C)=O)C(=O)N2CCN(C)C.CCCOC(=O)c1cccc2c1S[C@@H](c1ccc(C)cc1)[C@@H](OC(C)=O)C(=O)N2CCN(C)C. The molecule has 0 fully saturated rings. The van der Waals surface area contributed by atoms with Crippen molar-refractivity contribution in [3.05, 3.63) is 118 Å². The molecule has 0 saturated heterocycles. The molecule has 0 unspecified atom stereocenters. The predicted molar refractivity (Wildman–Crippen MR) is 271 cm³/mol. The van der Waals surface area contributed by atoms with Crippen LogP contribution in [0.25, 0.3) is 0 Å². The van der Waals surface area contributed by atoms with Crippen molar-refractivity contribution in [1.82, 2.24) is 9.80 Å². The number of ether oxygens (including phenoxy) is 4. The summed E-state index contributed by atoms with van der Waals surface area (Å²) in [5.41, 5.74) is 5.90. The molecule has 2 heterocycles. The van der Waals surface area contributed by atoms with Crippen molar-refractivity contribution in [2.24, 2.45) is 0 Å². The summed E-state index contributed by atoms with van der Waals surface area (Å²) in [5, 5.41) is -1.06. The van der Waals surface area contributed by atoms with E-state index in [-0.39, 0.29) is 11.8 Å². The molecule has 370 valence electrons. The summed E-state index contributed by atoms with van der Waals surface area (Å²) in [7, 11) is 7.71. The van der Waals surface area contributed by atoms with E-state index in [0.29, 0.717) is 78.1 Å². The van der Waals surface area contributed by atoms with Crippen LogP contribution in [0.4, 0.5) is 11.4 Å². The van der Waals surface area contributed by atoms with Gasteiger partial charge in [0.15, 0.2) is 12.2 Å². The van der Waals surface area contributed by atoms with Crippen molar-refractivity contribution in [2.75, 3.05) is 77.4 Å². The summed E-state index contributed by atoms with van der Waals surface area (Å²) in [5.74, 6) is -2.53. The topological polar surface area (TPSA) is 152 Å². The van der Waals surface area contributed by atoms with Gasteiger partial charge in [-0.05, 0) is 90.3 Å². The molecule has 6 rings (SSSR count). The molecular formula is C53H66N4O10S2. The Morgan fingerprint density at radius 2 is 0.957 bits per heavy atom. The number of benzene rings is 4. The Kier molecular flexibility index (Phi) is 20.3. The summed E-state index contributed by atoms with van der Waals surface area (Å²) in [6.45, 7) is 13.2. The van der Waals surface area contributed by atoms with E-state index in [9.17, 15) is 28.8 Å². The lowest BCUT2D eigenvalue weighted by molar-refractivity contribution is -0.153. The van der Waals surface area contributed by atoms with Crippen LogP contribution in [-0.4, -0.2) is 125 Å². The highest BCUT2D eigenvalue weighted by Gasteiger charge is 2.44. The highest BCUT2D eigenvalue weighted by molar-refractivity contribution is 8.00. The number of likely N-dealkylation sites (N-methyl/N-ethyl adjacent to an activating group) is 2. The first-order valence-electron chi connectivity index (χ1n) is 23.3. The number of thioether (sulfide) groups is 2. The van der Waals surface area contributed by atoms with Gasteiger partial charge >= 0.3 is 23.9 Å². The van der Waals surface area contributed by atoms with Gasteiger partial charge in [-0.2, -0.15) is 0 Å². The molecule has 0 aromatic heterocycles. The van der Waals surface area contributed by atoms with E-state index < -0.39 is 46.6 Å². The van der Waals surface area contributed by atoms with E-state index in [0.717, 1.165) is 35.1 Å². The van der Waals surface area contributed by atoms with Crippen molar-refractivity contribution < 1.29 is 47.7 Å². The maximum Gasteiger partial charge on any atom is 0.339 e. The Balaban J connectivity index is 0.000000258. The second-order valence-electron chi connectivity index (χ2n) is 17.5.